The molecule has 0 aromatic rings. The van der Waals surface area contributed by atoms with Crippen molar-refractivity contribution < 1.29 is 9.53 Å². The zero-order chi connectivity index (χ0) is 11.3. The van der Waals surface area contributed by atoms with E-state index in [0.29, 0.717) is 18.9 Å². The van der Waals surface area contributed by atoms with Crippen molar-refractivity contribution >= 4 is 5.91 Å². The average Bonchev–Trinajstić information content (AvgIpc) is 2.66. The Morgan fingerprint density at radius 3 is 2.80 bits per heavy atom. The third kappa shape index (κ3) is 4.18. The minimum atomic E-state index is 0.0612. The summed E-state index contributed by atoms with van der Waals surface area (Å²) in [6.45, 7) is 5.41. The SMILES string of the molecule is CC(C)C(CN)NC(=O)CC1CCCO1. The predicted octanol–water partition coefficient (Wildman–Crippen LogP) is 0.655. The molecule has 1 saturated heterocycles. The largest absolute Gasteiger partial charge is 0.378 e. The van der Waals surface area contributed by atoms with E-state index in [1.807, 2.05) is 0 Å². The van der Waals surface area contributed by atoms with Gasteiger partial charge in [0.1, 0.15) is 0 Å². The van der Waals surface area contributed by atoms with Gasteiger partial charge < -0.3 is 15.8 Å². The van der Waals surface area contributed by atoms with Crippen LogP contribution in [-0.4, -0.2) is 31.2 Å². The molecule has 0 aromatic carbocycles. The first-order valence-electron chi connectivity index (χ1n) is 5.74. The second-order valence-corrected chi connectivity index (χ2v) is 4.49. The van der Waals surface area contributed by atoms with Crippen LogP contribution < -0.4 is 11.1 Å². The minimum Gasteiger partial charge on any atom is -0.378 e. The van der Waals surface area contributed by atoms with Crippen molar-refractivity contribution in [1.29, 1.82) is 0 Å². The van der Waals surface area contributed by atoms with Crippen molar-refractivity contribution in [3.63, 3.8) is 0 Å². The smallest absolute Gasteiger partial charge is 0.222 e. The number of carbonyl (C=O) groups is 1. The lowest BCUT2D eigenvalue weighted by Crippen LogP contribution is -2.44. The van der Waals surface area contributed by atoms with E-state index in [1.54, 1.807) is 0 Å². The van der Waals surface area contributed by atoms with Gasteiger partial charge in [-0.05, 0) is 18.8 Å². The van der Waals surface area contributed by atoms with Gasteiger partial charge in [0.25, 0.3) is 0 Å². The first-order valence-corrected chi connectivity index (χ1v) is 5.74. The van der Waals surface area contributed by atoms with Crippen LogP contribution in [0.5, 0.6) is 0 Å². The Morgan fingerprint density at radius 2 is 2.33 bits per heavy atom. The Balaban J connectivity index is 2.27. The van der Waals surface area contributed by atoms with E-state index in [1.165, 1.54) is 0 Å². The third-order valence-corrected chi connectivity index (χ3v) is 2.84. The molecule has 0 spiro atoms. The fourth-order valence-corrected chi connectivity index (χ4v) is 1.78. The molecular formula is C11H22N2O2. The summed E-state index contributed by atoms with van der Waals surface area (Å²) in [4.78, 5) is 11.6. The Bertz CT molecular complexity index is 201. The second kappa shape index (κ2) is 6.08. The summed E-state index contributed by atoms with van der Waals surface area (Å²) in [5.74, 6) is 0.439. The predicted molar refractivity (Wildman–Crippen MR) is 59.4 cm³/mol. The first kappa shape index (κ1) is 12.5. The summed E-state index contributed by atoms with van der Waals surface area (Å²) in [7, 11) is 0. The Labute approximate surface area is 91.5 Å². The van der Waals surface area contributed by atoms with Crippen LogP contribution in [0.15, 0.2) is 0 Å². The van der Waals surface area contributed by atoms with Crippen LogP contribution in [0.25, 0.3) is 0 Å². The van der Waals surface area contributed by atoms with Crippen molar-refractivity contribution in [2.75, 3.05) is 13.2 Å². The number of nitrogens with one attached hydrogen (secondary N) is 1. The van der Waals surface area contributed by atoms with Gasteiger partial charge in [-0.2, -0.15) is 0 Å². The molecular weight excluding hydrogens is 192 g/mol. The van der Waals surface area contributed by atoms with Crippen LogP contribution in [0.4, 0.5) is 0 Å². The molecule has 2 atom stereocenters. The Morgan fingerprint density at radius 1 is 1.60 bits per heavy atom. The van der Waals surface area contributed by atoms with Crippen LogP contribution in [-0.2, 0) is 9.53 Å². The number of hydrogen-bond acceptors (Lipinski definition) is 3. The van der Waals surface area contributed by atoms with Gasteiger partial charge in [0, 0.05) is 19.2 Å². The lowest BCUT2D eigenvalue weighted by molar-refractivity contribution is -0.124. The van der Waals surface area contributed by atoms with Crippen molar-refractivity contribution in [2.24, 2.45) is 11.7 Å². The highest BCUT2D eigenvalue weighted by Gasteiger charge is 2.21. The monoisotopic (exact) mass is 214 g/mol. The molecule has 1 fully saturated rings. The van der Waals surface area contributed by atoms with E-state index in [0.717, 1.165) is 19.4 Å². The van der Waals surface area contributed by atoms with Gasteiger partial charge in [0.05, 0.1) is 12.5 Å². The highest BCUT2D eigenvalue weighted by atomic mass is 16.5. The molecule has 4 nitrogen and oxygen atoms in total. The summed E-state index contributed by atoms with van der Waals surface area (Å²) in [5.41, 5.74) is 5.58. The van der Waals surface area contributed by atoms with E-state index in [9.17, 15) is 4.79 Å². The lowest BCUT2D eigenvalue weighted by atomic mass is 10.0. The second-order valence-electron chi connectivity index (χ2n) is 4.49. The number of nitrogens with two attached hydrogens (primary N) is 1. The number of rotatable bonds is 5. The van der Waals surface area contributed by atoms with Crippen molar-refractivity contribution in [3.8, 4) is 0 Å². The molecule has 1 aliphatic heterocycles. The molecule has 2 unspecified atom stereocenters. The summed E-state index contributed by atoms with van der Waals surface area (Å²) >= 11 is 0. The van der Waals surface area contributed by atoms with Crippen LogP contribution in [0.2, 0.25) is 0 Å². The number of ether oxygens (including phenoxy) is 1. The normalized spacial score (nSPS) is 23.1. The molecule has 1 heterocycles. The lowest BCUT2D eigenvalue weighted by Gasteiger charge is -2.21. The van der Waals surface area contributed by atoms with E-state index < -0.39 is 0 Å². The molecule has 0 aromatic heterocycles. The van der Waals surface area contributed by atoms with Gasteiger partial charge >= 0.3 is 0 Å². The van der Waals surface area contributed by atoms with Crippen LogP contribution >= 0.6 is 0 Å². The molecule has 1 rings (SSSR count). The average molecular weight is 214 g/mol. The number of hydrogen-bond donors (Lipinski definition) is 2. The molecule has 4 heteroatoms. The number of amides is 1. The fraction of sp³-hybridized carbons (Fsp3) is 0.909. The molecule has 1 amide bonds. The molecule has 3 N–H and O–H groups in total. The maximum atomic E-state index is 11.6. The summed E-state index contributed by atoms with van der Waals surface area (Å²) in [6, 6.07) is 0.0823. The summed E-state index contributed by atoms with van der Waals surface area (Å²) in [6.07, 6.45) is 2.67. The summed E-state index contributed by atoms with van der Waals surface area (Å²) < 4.78 is 5.41. The highest BCUT2D eigenvalue weighted by molar-refractivity contribution is 5.76. The van der Waals surface area contributed by atoms with E-state index in [2.05, 4.69) is 19.2 Å². The van der Waals surface area contributed by atoms with Crippen molar-refractivity contribution in [3.05, 3.63) is 0 Å². The Kier molecular flexibility index (Phi) is 5.05. The van der Waals surface area contributed by atoms with Crippen LogP contribution in [0.3, 0.4) is 0 Å². The van der Waals surface area contributed by atoms with E-state index >= 15 is 0 Å². The quantitative estimate of drug-likeness (QED) is 0.706. The maximum Gasteiger partial charge on any atom is 0.222 e. The first-order chi connectivity index (χ1) is 7.13. The highest BCUT2D eigenvalue weighted by Crippen LogP contribution is 2.15. The van der Waals surface area contributed by atoms with Crippen LogP contribution in [0.1, 0.15) is 33.1 Å². The van der Waals surface area contributed by atoms with Crippen molar-refractivity contribution in [1.82, 2.24) is 5.32 Å². The van der Waals surface area contributed by atoms with Crippen LogP contribution in [0, 0.1) is 5.92 Å². The van der Waals surface area contributed by atoms with Gasteiger partial charge in [0.15, 0.2) is 0 Å². The molecule has 1 aliphatic rings. The van der Waals surface area contributed by atoms with Gasteiger partial charge in [-0.3, -0.25) is 4.79 Å². The molecule has 88 valence electrons. The standard InChI is InChI=1S/C11H22N2O2/c1-8(2)10(7-12)13-11(14)6-9-4-3-5-15-9/h8-10H,3-7,12H2,1-2H3,(H,13,14). The minimum absolute atomic E-state index is 0.0612. The molecule has 0 saturated carbocycles. The van der Waals surface area contributed by atoms with E-state index in [-0.39, 0.29) is 18.1 Å². The fourth-order valence-electron chi connectivity index (χ4n) is 1.78. The van der Waals surface area contributed by atoms with Gasteiger partial charge in [-0.1, -0.05) is 13.8 Å². The summed E-state index contributed by atoms with van der Waals surface area (Å²) in [5, 5.41) is 2.95. The zero-order valence-electron chi connectivity index (χ0n) is 9.66. The molecule has 0 bridgehead atoms. The van der Waals surface area contributed by atoms with E-state index in [4.69, 9.17) is 10.5 Å². The maximum absolute atomic E-state index is 11.6. The number of carbonyl (C=O) groups excluding carboxylic acids is 1. The topological polar surface area (TPSA) is 64.3 Å². The Hall–Kier alpha value is -0.610. The van der Waals surface area contributed by atoms with Gasteiger partial charge in [-0.15, -0.1) is 0 Å². The molecule has 0 aliphatic carbocycles. The van der Waals surface area contributed by atoms with Gasteiger partial charge in [-0.25, -0.2) is 0 Å². The van der Waals surface area contributed by atoms with Crippen molar-refractivity contribution in [2.45, 2.75) is 45.3 Å². The zero-order valence-corrected chi connectivity index (χ0v) is 9.66. The molecule has 0 radical (unpaired) electrons. The molecule has 15 heavy (non-hydrogen) atoms. The van der Waals surface area contributed by atoms with Gasteiger partial charge in [0.2, 0.25) is 5.91 Å². The third-order valence-electron chi connectivity index (χ3n) is 2.84.